The van der Waals surface area contributed by atoms with Gasteiger partial charge in [0.05, 0.1) is 5.69 Å². The highest BCUT2D eigenvalue weighted by Gasteiger charge is 2.37. The summed E-state index contributed by atoms with van der Waals surface area (Å²) in [5, 5.41) is 6.95. The van der Waals surface area contributed by atoms with Gasteiger partial charge in [0.25, 0.3) is 0 Å². The molecule has 2 heterocycles. The monoisotopic (exact) mass is 667 g/mol. The molecule has 1 aliphatic rings. The number of anilines is 3. The van der Waals surface area contributed by atoms with Crippen LogP contribution in [0.4, 0.5) is 17.1 Å². The fourth-order valence-corrected chi connectivity index (χ4v) is 8.78. The molecule has 3 nitrogen and oxygen atoms in total. The summed E-state index contributed by atoms with van der Waals surface area (Å²) < 4.78 is 13.0. The summed E-state index contributed by atoms with van der Waals surface area (Å²) in [5.74, 6) is 0. The van der Waals surface area contributed by atoms with Crippen LogP contribution in [-0.2, 0) is 5.41 Å². The van der Waals surface area contributed by atoms with Crippen LogP contribution in [0.2, 0.25) is 0 Å². The molecular formula is C49H33NO2. The molecule has 2 aromatic heterocycles. The number of hydrogen-bond donors (Lipinski definition) is 0. The van der Waals surface area contributed by atoms with Crippen LogP contribution in [-0.4, -0.2) is 0 Å². The molecule has 0 unspecified atom stereocenters. The van der Waals surface area contributed by atoms with E-state index in [1.165, 1.54) is 33.0 Å². The van der Waals surface area contributed by atoms with E-state index in [0.717, 1.165) is 72.1 Å². The largest absolute Gasteiger partial charge is 0.456 e. The lowest BCUT2D eigenvalue weighted by molar-refractivity contribution is 0.660. The Morgan fingerprint density at radius 3 is 1.96 bits per heavy atom. The van der Waals surface area contributed by atoms with Crippen LogP contribution >= 0.6 is 0 Å². The molecule has 0 bridgehead atoms. The molecule has 0 saturated heterocycles. The van der Waals surface area contributed by atoms with E-state index >= 15 is 0 Å². The second-order valence-corrected chi connectivity index (χ2v) is 14.5. The third kappa shape index (κ3) is 4.08. The normalized spacial score (nSPS) is 13.3. The highest BCUT2D eigenvalue weighted by atomic mass is 16.3. The van der Waals surface area contributed by atoms with Crippen molar-refractivity contribution < 1.29 is 8.83 Å². The van der Waals surface area contributed by atoms with Gasteiger partial charge >= 0.3 is 0 Å². The van der Waals surface area contributed by atoms with E-state index < -0.39 is 0 Å². The number of benzene rings is 8. The molecule has 0 aliphatic heterocycles. The van der Waals surface area contributed by atoms with E-state index in [1.54, 1.807) is 0 Å². The molecular weight excluding hydrogens is 635 g/mol. The van der Waals surface area contributed by atoms with Gasteiger partial charge in [-0.25, -0.2) is 0 Å². The van der Waals surface area contributed by atoms with E-state index in [4.69, 9.17) is 8.83 Å². The number of para-hydroxylation sites is 2. The van der Waals surface area contributed by atoms with Crippen molar-refractivity contribution in [1.82, 2.24) is 0 Å². The van der Waals surface area contributed by atoms with Crippen molar-refractivity contribution in [3.63, 3.8) is 0 Å². The fourth-order valence-electron chi connectivity index (χ4n) is 8.78. The Balaban J connectivity index is 1.13. The maximum Gasteiger partial charge on any atom is 0.143 e. The summed E-state index contributed by atoms with van der Waals surface area (Å²) in [7, 11) is 0. The quantitative estimate of drug-likeness (QED) is 0.187. The average molecular weight is 668 g/mol. The maximum absolute atomic E-state index is 6.61. The van der Waals surface area contributed by atoms with Crippen molar-refractivity contribution in [3.05, 3.63) is 175 Å². The highest BCUT2D eigenvalue weighted by molar-refractivity contribution is 6.22. The number of fused-ring (bicyclic) bond motifs is 11. The Morgan fingerprint density at radius 1 is 0.462 bits per heavy atom. The van der Waals surface area contributed by atoms with E-state index in [9.17, 15) is 0 Å². The lowest BCUT2D eigenvalue weighted by Gasteiger charge is -2.29. The highest BCUT2D eigenvalue weighted by Crippen LogP contribution is 2.54. The first-order valence-electron chi connectivity index (χ1n) is 17.9. The van der Waals surface area contributed by atoms with Gasteiger partial charge in [-0.2, -0.15) is 0 Å². The molecule has 0 fully saturated rings. The summed E-state index contributed by atoms with van der Waals surface area (Å²) in [6.07, 6.45) is 0. The smallest absolute Gasteiger partial charge is 0.143 e. The molecule has 0 radical (unpaired) electrons. The minimum Gasteiger partial charge on any atom is -0.456 e. The van der Waals surface area contributed by atoms with Gasteiger partial charge in [0, 0.05) is 55.5 Å². The predicted octanol–water partition coefficient (Wildman–Crippen LogP) is 14.1. The molecule has 8 aromatic carbocycles. The maximum atomic E-state index is 6.61. The van der Waals surface area contributed by atoms with Crippen molar-refractivity contribution in [3.8, 4) is 22.3 Å². The average Bonchev–Trinajstić information content (AvgIpc) is 3.83. The standard InChI is InChI=1S/C49H33NO2/c1-49(2)40-17-8-5-15-37(40)47-41(49)18-11-19-42(47)50(33-26-27-36-35-14-6-9-20-43(35)51-45(36)29-33)32-24-22-30(23-25-32)39-28-31-12-3-4-13-34(31)46-38-16-7-10-21-44(38)52-48(39)46/h3-29H,1-2H3. The zero-order valence-electron chi connectivity index (χ0n) is 28.9. The van der Waals surface area contributed by atoms with Crippen LogP contribution < -0.4 is 4.90 Å². The van der Waals surface area contributed by atoms with Crippen molar-refractivity contribution in [2.45, 2.75) is 19.3 Å². The Hall–Kier alpha value is -6.58. The van der Waals surface area contributed by atoms with Crippen molar-refractivity contribution in [2.75, 3.05) is 4.90 Å². The van der Waals surface area contributed by atoms with Gasteiger partial charge in [-0.1, -0.05) is 123 Å². The fraction of sp³-hybridized carbons (Fsp3) is 0.0612. The first-order chi connectivity index (χ1) is 25.5. The van der Waals surface area contributed by atoms with Crippen LogP contribution in [0, 0.1) is 0 Å². The number of furan rings is 2. The second-order valence-electron chi connectivity index (χ2n) is 14.5. The topological polar surface area (TPSA) is 29.5 Å². The van der Waals surface area contributed by atoms with Gasteiger partial charge in [0.15, 0.2) is 0 Å². The Labute approximate surface area is 301 Å². The number of rotatable bonds is 4. The summed E-state index contributed by atoms with van der Waals surface area (Å²) in [4.78, 5) is 2.39. The predicted molar refractivity (Wildman–Crippen MR) is 216 cm³/mol. The SMILES string of the molecule is CC1(C)c2ccccc2-c2c(N(c3ccc(-c4cc5ccccc5c5c4oc4ccccc45)cc3)c3ccc4c(c3)oc3ccccc34)cccc21. The molecule has 0 saturated carbocycles. The Kier molecular flexibility index (Phi) is 6.01. The molecule has 246 valence electrons. The van der Waals surface area contributed by atoms with Crippen molar-refractivity contribution in [2.24, 2.45) is 0 Å². The van der Waals surface area contributed by atoms with Gasteiger partial charge in [-0.3, -0.25) is 0 Å². The Bertz CT molecular complexity index is 3050. The summed E-state index contributed by atoms with van der Waals surface area (Å²) in [6, 6.07) is 58.7. The van der Waals surface area contributed by atoms with E-state index in [2.05, 4.69) is 164 Å². The minimum atomic E-state index is -0.117. The Morgan fingerprint density at radius 2 is 1.12 bits per heavy atom. The van der Waals surface area contributed by atoms with Gasteiger partial charge in [-0.15, -0.1) is 0 Å². The molecule has 0 amide bonds. The molecule has 0 spiro atoms. The van der Waals surface area contributed by atoms with Crippen LogP contribution in [0.3, 0.4) is 0 Å². The van der Waals surface area contributed by atoms with E-state index in [-0.39, 0.29) is 5.41 Å². The first kappa shape index (κ1) is 29.2. The van der Waals surface area contributed by atoms with Crippen LogP contribution in [0.5, 0.6) is 0 Å². The zero-order valence-corrected chi connectivity index (χ0v) is 28.9. The molecule has 1 aliphatic carbocycles. The first-order valence-corrected chi connectivity index (χ1v) is 17.9. The lowest BCUT2D eigenvalue weighted by Crippen LogP contribution is -2.16. The van der Waals surface area contributed by atoms with Crippen LogP contribution in [0.25, 0.3) is 76.9 Å². The van der Waals surface area contributed by atoms with E-state index in [1.807, 2.05) is 18.2 Å². The molecule has 0 atom stereocenters. The molecule has 11 rings (SSSR count). The molecule has 0 N–H and O–H groups in total. The molecule has 10 aromatic rings. The number of nitrogens with zero attached hydrogens (tertiary/aromatic N) is 1. The van der Waals surface area contributed by atoms with Gasteiger partial charge in [0.1, 0.15) is 22.3 Å². The van der Waals surface area contributed by atoms with Gasteiger partial charge in [-0.05, 0) is 81.6 Å². The molecule has 3 heteroatoms. The second kappa shape index (κ2) is 10.7. The minimum absolute atomic E-state index is 0.117. The van der Waals surface area contributed by atoms with Crippen molar-refractivity contribution in [1.29, 1.82) is 0 Å². The molecule has 52 heavy (non-hydrogen) atoms. The lowest BCUT2D eigenvalue weighted by atomic mass is 9.82. The summed E-state index contributed by atoms with van der Waals surface area (Å²) in [5.41, 5.74) is 14.2. The third-order valence-electron chi connectivity index (χ3n) is 11.3. The summed E-state index contributed by atoms with van der Waals surface area (Å²) >= 11 is 0. The summed E-state index contributed by atoms with van der Waals surface area (Å²) in [6.45, 7) is 4.67. The van der Waals surface area contributed by atoms with E-state index in [0.29, 0.717) is 0 Å². The van der Waals surface area contributed by atoms with Crippen molar-refractivity contribution >= 4 is 71.7 Å². The zero-order chi connectivity index (χ0) is 34.6. The van der Waals surface area contributed by atoms with Crippen LogP contribution in [0.15, 0.2) is 173 Å². The van der Waals surface area contributed by atoms with Gasteiger partial charge < -0.3 is 13.7 Å². The third-order valence-corrected chi connectivity index (χ3v) is 11.3. The van der Waals surface area contributed by atoms with Crippen LogP contribution in [0.1, 0.15) is 25.0 Å². The van der Waals surface area contributed by atoms with Gasteiger partial charge in [0.2, 0.25) is 0 Å². The number of hydrogen-bond acceptors (Lipinski definition) is 3.